The average molecular weight is 280 g/mol. The van der Waals surface area contributed by atoms with Crippen molar-refractivity contribution in [3.8, 4) is 0 Å². The standard InChI is InChI=1S/C18H32O2/c1-7-17(20-18(5,6)19)11-10-16-12-15(13(2)3)9-8-14(16)4/h7-8,13,15-17,19H,1,9-12H2,2-6H3/t15?,16-,17+/m1/s1. The van der Waals surface area contributed by atoms with Gasteiger partial charge in [-0.25, -0.2) is 0 Å². The Labute approximate surface area is 124 Å². The van der Waals surface area contributed by atoms with Crippen LogP contribution in [0.3, 0.4) is 0 Å². The maximum absolute atomic E-state index is 9.74. The van der Waals surface area contributed by atoms with Gasteiger partial charge < -0.3 is 9.84 Å². The number of aliphatic hydroxyl groups is 1. The molecule has 0 aromatic rings. The molecule has 0 heterocycles. The Bertz CT molecular complexity index is 336. The molecule has 0 saturated carbocycles. The van der Waals surface area contributed by atoms with Gasteiger partial charge in [0.05, 0.1) is 6.10 Å². The normalized spacial score (nSPS) is 25.4. The SMILES string of the molecule is C=C[C@@H](CC[C@@H]1CC(C(C)C)CC=C1C)OC(C)(C)O. The van der Waals surface area contributed by atoms with E-state index in [0.29, 0.717) is 5.92 Å². The molecule has 0 saturated heterocycles. The number of rotatable bonds is 7. The second kappa shape index (κ2) is 7.42. The predicted molar refractivity (Wildman–Crippen MR) is 85.4 cm³/mol. The Hall–Kier alpha value is -0.600. The minimum absolute atomic E-state index is 0.0674. The minimum Gasteiger partial charge on any atom is -0.366 e. The van der Waals surface area contributed by atoms with Crippen molar-refractivity contribution < 1.29 is 9.84 Å². The van der Waals surface area contributed by atoms with Crippen molar-refractivity contribution in [1.29, 1.82) is 0 Å². The number of ether oxygens (including phenoxy) is 1. The van der Waals surface area contributed by atoms with E-state index < -0.39 is 5.79 Å². The van der Waals surface area contributed by atoms with Crippen molar-refractivity contribution in [1.82, 2.24) is 0 Å². The lowest BCUT2D eigenvalue weighted by molar-refractivity contribution is -0.196. The van der Waals surface area contributed by atoms with Gasteiger partial charge in [0.1, 0.15) is 0 Å². The molecule has 0 fully saturated rings. The Morgan fingerprint density at radius 2 is 2.15 bits per heavy atom. The molecule has 1 N–H and O–H groups in total. The van der Waals surface area contributed by atoms with Crippen molar-refractivity contribution in [2.75, 3.05) is 0 Å². The summed E-state index contributed by atoms with van der Waals surface area (Å²) in [6.45, 7) is 14.1. The van der Waals surface area contributed by atoms with Crippen LogP contribution in [-0.2, 0) is 4.74 Å². The molecule has 0 aromatic carbocycles. The third-order valence-electron chi connectivity index (χ3n) is 4.42. The molecule has 0 spiro atoms. The van der Waals surface area contributed by atoms with Crippen molar-refractivity contribution in [3.63, 3.8) is 0 Å². The Morgan fingerprint density at radius 1 is 1.50 bits per heavy atom. The molecular formula is C18H32O2. The van der Waals surface area contributed by atoms with Gasteiger partial charge in [-0.1, -0.05) is 31.6 Å². The topological polar surface area (TPSA) is 29.5 Å². The Balaban J connectivity index is 2.52. The molecule has 1 aliphatic rings. The summed E-state index contributed by atoms with van der Waals surface area (Å²) < 4.78 is 5.61. The summed E-state index contributed by atoms with van der Waals surface area (Å²) in [5.74, 6) is 1.13. The van der Waals surface area contributed by atoms with Crippen molar-refractivity contribution in [2.24, 2.45) is 17.8 Å². The monoisotopic (exact) mass is 280 g/mol. The molecule has 0 bridgehead atoms. The van der Waals surface area contributed by atoms with Crippen molar-refractivity contribution in [3.05, 3.63) is 24.3 Å². The predicted octanol–water partition coefficient (Wildman–Crippen LogP) is 4.69. The van der Waals surface area contributed by atoms with Crippen LogP contribution in [0.15, 0.2) is 24.3 Å². The quantitative estimate of drug-likeness (QED) is 0.541. The van der Waals surface area contributed by atoms with Crippen LogP contribution in [0.5, 0.6) is 0 Å². The first-order chi connectivity index (χ1) is 9.23. The summed E-state index contributed by atoms with van der Waals surface area (Å²) in [6, 6.07) is 0. The van der Waals surface area contributed by atoms with Gasteiger partial charge >= 0.3 is 0 Å². The van der Waals surface area contributed by atoms with Crippen LogP contribution in [0.2, 0.25) is 0 Å². The highest BCUT2D eigenvalue weighted by molar-refractivity contribution is 5.09. The molecule has 2 heteroatoms. The fourth-order valence-corrected chi connectivity index (χ4v) is 3.00. The molecule has 0 aliphatic heterocycles. The van der Waals surface area contributed by atoms with Gasteiger partial charge in [-0.2, -0.15) is 0 Å². The Morgan fingerprint density at radius 3 is 2.65 bits per heavy atom. The van der Waals surface area contributed by atoms with Crippen LogP contribution in [0.25, 0.3) is 0 Å². The zero-order chi connectivity index (χ0) is 15.3. The van der Waals surface area contributed by atoms with Gasteiger partial charge in [0, 0.05) is 0 Å². The lowest BCUT2D eigenvalue weighted by atomic mass is 9.75. The lowest BCUT2D eigenvalue weighted by Gasteiger charge is -2.32. The molecule has 0 radical (unpaired) electrons. The molecule has 1 unspecified atom stereocenters. The summed E-state index contributed by atoms with van der Waals surface area (Å²) in [6.07, 6.45) is 8.70. The van der Waals surface area contributed by atoms with Crippen molar-refractivity contribution in [2.45, 2.75) is 72.2 Å². The van der Waals surface area contributed by atoms with E-state index in [4.69, 9.17) is 4.74 Å². The zero-order valence-electron chi connectivity index (χ0n) is 13.9. The van der Waals surface area contributed by atoms with Gasteiger partial charge in [0.25, 0.3) is 0 Å². The summed E-state index contributed by atoms with van der Waals surface area (Å²) in [5, 5.41) is 9.74. The molecule has 1 aliphatic carbocycles. The maximum atomic E-state index is 9.74. The smallest absolute Gasteiger partial charge is 0.160 e. The zero-order valence-corrected chi connectivity index (χ0v) is 13.9. The average Bonchev–Trinajstić information content (AvgIpc) is 2.34. The summed E-state index contributed by atoms with van der Waals surface area (Å²) >= 11 is 0. The molecule has 0 amide bonds. The fraction of sp³-hybridized carbons (Fsp3) is 0.778. The van der Waals surface area contributed by atoms with Crippen LogP contribution in [0, 0.1) is 17.8 Å². The molecule has 0 aromatic heterocycles. The summed E-state index contributed by atoms with van der Waals surface area (Å²) in [7, 11) is 0. The third kappa shape index (κ3) is 5.80. The van der Waals surface area contributed by atoms with E-state index in [0.717, 1.165) is 24.7 Å². The molecule has 1 rings (SSSR count). The Kier molecular flexibility index (Phi) is 6.47. The number of hydrogen-bond donors (Lipinski definition) is 1. The molecule has 2 nitrogen and oxygen atoms in total. The van der Waals surface area contributed by atoms with Gasteiger partial charge in [-0.3, -0.25) is 0 Å². The van der Waals surface area contributed by atoms with E-state index in [1.54, 1.807) is 19.9 Å². The fourth-order valence-electron chi connectivity index (χ4n) is 3.00. The summed E-state index contributed by atoms with van der Waals surface area (Å²) in [5.41, 5.74) is 1.52. The van der Waals surface area contributed by atoms with Crippen LogP contribution >= 0.6 is 0 Å². The van der Waals surface area contributed by atoms with E-state index in [9.17, 15) is 5.11 Å². The number of allylic oxidation sites excluding steroid dienone is 2. The highest BCUT2D eigenvalue weighted by atomic mass is 16.6. The van der Waals surface area contributed by atoms with Crippen molar-refractivity contribution >= 4 is 0 Å². The van der Waals surface area contributed by atoms with Crippen LogP contribution in [0.1, 0.15) is 60.3 Å². The number of hydrogen-bond acceptors (Lipinski definition) is 2. The maximum Gasteiger partial charge on any atom is 0.160 e. The molecule has 20 heavy (non-hydrogen) atoms. The summed E-state index contributed by atoms with van der Waals surface area (Å²) in [4.78, 5) is 0. The van der Waals surface area contributed by atoms with Crippen LogP contribution in [0.4, 0.5) is 0 Å². The van der Waals surface area contributed by atoms with E-state index in [2.05, 4.69) is 33.4 Å². The minimum atomic E-state index is -1.09. The van der Waals surface area contributed by atoms with Gasteiger partial charge in [0.15, 0.2) is 5.79 Å². The van der Waals surface area contributed by atoms with Gasteiger partial charge in [0.2, 0.25) is 0 Å². The van der Waals surface area contributed by atoms with Crippen LogP contribution in [-0.4, -0.2) is 17.0 Å². The second-order valence-corrected chi connectivity index (χ2v) is 7.04. The molecule has 3 atom stereocenters. The van der Waals surface area contributed by atoms with E-state index in [1.165, 1.54) is 18.4 Å². The van der Waals surface area contributed by atoms with Gasteiger partial charge in [-0.05, 0) is 64.2 Å². The third-order valence-corrected chi connectivity index (χ3v) is 4.42. The largest absolute Gasteiger partial charge is 0.366 e. The second-order valence-electron chi connectivity index (χ2n) is 7.04. The first kappa shape index (κ1) is 17.5. The van der Waals surface area contributed by atoms with E-state index in [1.807, 2.05) is 0 Å². The van der Waals surface area contributed by atoms with E-state index in [-0.39, 0.29) is 6.10 Å². The first-order valence-electron chi connectivity index (χ1n) is 7.92. The highest BCUT2D eigenvalue weighted by Gasteiger charge is 2.25. The first-order valence-corrected chi connectivity index (χ1v) is 7.92. The van der Waals surface area contributed by atoms with Gasteiger partial charge in [-0.15, -0.1) is 6.58 Å². The van der Waals surface area contributed by atoms with E-state index >= 15 is 0 Å². The lowest BCUT2D eigenvalue weighted by Crippen LogP contribution is -2.29. The van der Waals surface area contributed by atoms with Crippen LogP contribution < -0.4 is 0 Å². The molecule has 116 valence electrons. The highest BCUT2D eigenvalue weighted by Crippen LogP contribution is 2.36. The molecular weight excluding hydrogens is 248 g/mol.